The lowest BCUT2D eigenvalue weighted by Gasteiger charge is -2.19. The lowest BCUT2D eigenvalue weighted by atomic mass is 9.88. The summed E-state index contributed by atoms with van der Waals surface area (Å²) in [5.74, 6) is 1.48. The zero-order valence-corrected chi connectivity index (χ0v) is 12.6. The standard InChI is InChI=1S/C15H19Cl2NO/c1-19-7-5-15(11-4-6-18-9-12(11)15)10-2-3-13(16)14(17)8-10/h2-3,8,11-12,18H,4-7,9H2,1H3/t11-,12+,15+/m0/s1. The third kappa shape index (κ3) is 2.19. The van der Waals surface area contributed by atoms with Gasteiger partial charge in [0, 0.05) is 19.1 Å². The number of benzene rings is 1. The molecular formula is C15H19Cl2NO. The van der Waals surface area contributed by atoms with Crippen molar-refractivity contribution in [2.24, 2.45) is 11.8 Å². The highest BCUT2D eigenvalue weighted by atomic mass is 35.5. The van der Waals surface area contributed by atoms with Crippen LogP contribution in [0.15, 0.2) is 18.2 Å². The van der Waals surface area contributed by atoms with Gasteiger partial charge >= 0.3 is 0 Å². The van der Waals surface area contributed by atoms with Crippen molar-refractivity contribution in [2.45, 2.75) is 18.3 Å². The van der Waals surface area contributed by atoms with E-state index in [0.29, 0.717) is 16.0 Å². The number of piperidine rings is 1. The minimum Gasteiger partial charge on any atom is -0.385 e. The predicted octanol–water partition coefficient (Wildman–Crippen LogP) is 3.51. The van der Waals surface area contributed by atoms with E-state index in [-0.39, 0.29) is 5.41 Å². The van der Waals surface area contributed by atoms with E-state index in [1.54, 1.807) is 7.11 Å². The minimum atomic E-state index is 0.244. The molecule has 1 saturated heterocycles. The maximum atomic E-state index is 6.20. The summed E-state index contributed by atoms with van der Waals surface area (Å²) in [6.45, 7) is 3.03. The van der Waals surface area contributed by atoms with Gasteiger partial charge in [-0.1, -0.05) is 29.3 Å². The molecule has 0 amide bonds. The summed E-state index contributed by atoms with van der Waals surface area (Å²) >= 11 is 12.2. The molecule has 3 atom stereocenters. The number of rotatable bonds is 4. The topological polar surface area (TPSA) is 21.3 Å². The van der Waals surface area contributed by atoms with E-state index >= 15 is 0 Å². The number of methoxy groups -OCH3 is 1. The molecule has 1 aliphatic carbocycles. The van der Waals surface area contributed by atoms with E-state index in [9.17, 15) is 0 Å². The summed E-state index contributed by atoms with van der Waals surface area (Å²) in [6.07, 6.45) is 2.31. The van der Waals surface area contributed by atoms with Crippen LogP contribution in [0.5, 0.6) is 0 Å². The number of hydrogen-bond donors (Lipinski definition) is 1. The molecule has 0 spiro atoms. The molecular weight excluding hydrogens is 281 g/mol. The van der Waals surface area contributed by atoms with Gasteiger partial charge in [0.1, 0.15) is 0 Å². The molecule has 2 fully saturated rings. The van der Waals surface area contributed by atoms with Crippen molar-refractivity contribution >= 4 is 23.2 Å². The van der Waals surface area contributed by atoms with Crippen LogP contribution in [0.1, 0.15) is 18.4 Å². The molecule has 0 bridgehead atoms. The summed E-state index contributed by atoms with van der Waals surface area (Å²) in [7, 11) is 1.77. The molecule has 2 nitrogen and oxygen atoms in total. The maximum absolute atomic E-state index is 6.20. The number of nitrogens with one attached hydrogen (secondary N) is 1. The fraction of sp³-hybridized carbons (Fsp3) is 0.600. The van der Waals surface area contributed by atoms with E-state index in [1.807, 2.05) is 6.07 Å². The molecule has 0 radical (unpaired) electrons. The molecule has 0 unspecified atom stereocenters. The van der Waals surface area contributed by atoms with Crippen molar-refractivity contribution in [1.82, 2.24) is 5.32 Å². The van der Waals surface area contributed by atoms with Crippen LogP contribution in [0.2, 0.25) is 10.0 Å². The van der Waals surface area contributed by atoms with Gasteiger partial charge in [0.05, 0.1) is 10.0 Å². The number of fused-ring (bicyclic) bond motifs is 1. The van der Waals surface area contributed by atoms with Crippen molar-refractivity contribution in [1.29, 1.82) is 0 Å². The van der Waals surface area contributed by atoms with E-state index < -0.39 is 0 Å². The Kier molecular flexibility index (Phi) is 3.78. The lowest BCUT2D eigenvalue weighted by Crippen LogP contribution is -2.24. The van der Waals surface area contributed by atoms with Crippen LogP contribution in [0, 0.1) is 11.8 Å². The molecule has 1 aromatic rings. The van der Waals surface area contributed by atoms with Crippen LogP contribution in [-0.4, -0.2) is 26.8 Å². The van der Waals surface area contributed by atoms with Gasteiger partial charge in [0.25, 0.3) is 0 Å². The van der Waals surface area contributed by atoms with Crippen LogP contribution in [0.3, 0.4) is 0 Å². The number of hydrogen-bond acceptors (Lipinski definition) is 2. The van der Waals surface area contributed by atoms with Crippen molar-refractivity contribution in [3.8, 4) is 0 Å². The summed E-state index contributed by atoms with van der Waals surface area (Å²) in [4.78, 5) is 0. The SMILES string of the molecule is COCC[C@]1(c2ccc(Cl)c(Cl)c2)[C@@H]2CNCC[C@@H]21. The van der Waals surface area contributed by atoms with E-state index in [4.69, 9.17) is 27.9 Å². The second-order valence-corrected chi connectivity index (χ2v) is 6.43. The Labute approximate surface area is 124 Å². The average Bonchev–Trinajstić information content (AvgIpc) is 3.09. The van der Waals surface area contributed by atoms with Gasteiger partial charge in [-0.25, -0.2) is 0 Å². The first kappa shape index (κ1) is 13.7. The van der Waals surface area contributed by atoms with Gasteiger partial charge in [0.2, 0.25) is 0 Å². The average molecular weight is 300 g/mol. The molecule has 1 aromatic carbocycles. The normalized spacial score (nSPS) is 33.0. The number of halogens is 2. The van der Waals surface area contributed by atoms with Crippen molar-refractivity contribution in [2.75, 3.05) is 26.8 Å². The van der Waals surface area contributed by atoms with Gasteiger partial charge in [-0.3, -0.25) is 0 Å². The summed E-state index contributed by atoms with van der Waals surface area (Å²) < 4.78 is 5.32. The number of ether oxygens (including phenoxy) is 1. The van der Waals surface area contributed by atoms with Gasteiger partial charge in [-0.15, -0.1) is 0 Å². The minimum absolute atomic E-state index is 0.244. The third-order valence-corrected chi connectivity index (χ3v) is 5.61. The first-order chi connectivity index (χ1) is 9.20. The first-order valence-corrected chi connectivity index (χ1v) is 7.61. The summed E-state index contributed by atoms with van der Waals surface area (Å²) in [5, 5.41) is 4.80. The Morgan fingerprint density at radius 1 is 1.32 bits per heavy atom. The predicted molar refractivity (Wildman–Crippen MR) is 79.1 cm³/mol. The van der Waals surface area contributed by atoms with Gasteiger partial charge in [-0.05, 0) is 55.5 Å². The Balaban J connectivity index is 1.93. The van der Waals surface area contributed by atoms with E-state index in [2.05, 4.69) is 17.4 Å². The molecule has 1 saturated carbocycles. The van der Waals surface area contributed by atoms with Gasteiger partial charge in [0.15, 0.2) is 0 Å². The second-order valence-electron chi connectivity index (χ2n) is 5.62. The molecule has 1 aliphatic heterocycles. The Bertz CT molecular complexity index is 465. The zero-order chi connectivity index (χ0) is 13.5. The molecule has 19 heavy (non-hydrogen) atoms. The van der Waals surface area contributed by atoms with Crippen molar-refractivity contribution in [3.63, 3.8) is 0 Å². The van der Waals surface area contributed by atoms with Crippen LogP contribution in [0.25, 0.3) is 0 Å². The highest BCUT2D eigenvalue weighted by molar-refractivity contribution is 6.42. The van der Waals surface area contributed by atoms with Crippen molar-refractivity contribution in [3.05, 3.63) is 33.8 Å². The largest absolute Gasteiger partial charge is 0.385 e. The highest BCUT2D eigenvalue weighted by Crippen LogP contribution is 2.64. The van der Waals surface area contributed by atoms with Gasteiger partial charge in [-0.2, -0.15) is 0 Å². The van der Waals surface area contributed by atoms with Crippen LogP contribution < -0.4 is 5.32 Å². The second kappa shape index (κ2) is 5.25. The Morgan fingerprint density at radius 2 is 2.16 bits per heavy atom. The summed E-state index contributed by atoms with van der Waals surface area (Å²) in [6, 6.07) is 6.12. The lowest BCUT2D eigenvalue weighted by molar-refractivity contribution is 0.181. The monoisotopic (exact) mass is 299 g/mol. The third-order valence-electron chi connectivity index (χ3n) is 4.87. The molecule has 1 heterocycles. The fourth-order valence-corrected chi connectivity index (χ4v) is 4.20. The Hall–Kier alpha value is -0.280. The van der Waals surface area contributed by atoms with E-state index in [1.165, 1.54) is 12.0 Å². The van der Waals surface area contributed by atoms with E-state index in [0.717, 1.165) is 32.0 Å². The smallest absolute Gasteiger partial charge is 0.0595 e. The fourth-order valence-electron chi connectivity index (χ4n) is 3.90. The van der Waals surface area contributed by atoms with Crippen LogP contribution in [0.4, 0.5) is 0 Å². The zero-order valence-electron chi connectivity index (χ0n) is 11.1. The Morgan fingerprint density at radius 3 is 2.79 bits per heavy atom. The van der Waals surface area contributed by atoms with Crippen LogP contribution >= 0.6 is 23.2 Å². The molecule has 0 aromatic heterocycles. The molecule has 104 valence electrons. The maximum Gasteiger partial charge on any atom is 0.0595 e. The quantitative estimate of drug-likeness (QED) is 0.919. The summed E-state index contributed by atoms with van der Waals surface area (Å²) in [5.41, 5.74) is 1.57. The molecule has 1 N–H and O–H groups in total. The first-order valence-electron chi connectivity index (χ1n) is 6.85. The highest BCUT2D eigenvalue weighted by Gasteiger charge is 2.64. The molecule has 2 aliphatic rings. The van der Waals surface area contributed by atoms with Gasteiger partial charge < -0.3 is 10.1 Å². The van der Waals surface area contributed by atoms with Crippen molar-refractivity contribution < 1.29 is 4.74 Å². The van der Waals surface area contributed by atoms with Crippen LogP contribution in [-0.2, 0) is 10.2 Å². The molecule has 4 heteroatoms. The molecule has 3 rings (SSSR count).